The van der Waals surface area contributed by atoms with Gasteiger partial charge in [0.25, 0.3) is 11.9 Å². The molecular weight excluding hydrogens is 252 g/mol. The molecule has 0 aromatic carbocycles. The topological polar surface area (TPSA) is 36.4 Å². The minimum absolute atomic E-state index is 0.123. The molecule has 1 fully saturated rings. The van der Waals surface area contributed by atoms with Gasteiger partial charge < -0.3 is 10.0 Å². The number of hydrogen-bond acceptors (Lipinski definition) is 3. The van der Waals surface area contributed by atoms with E-state index >= 15 is 0 Å². The van der Waals surface area contributed by atoms with Crippen LogP contribution in [0.25, 0.3) is 0 Å². The summed E-state index contributed by atoms with van der Waals surface area (Å²) in [5.41, 5.74) is -0.751. The minimum atomic E-state index is -1.66. The van der Waals surface area contributed by atoms with Crippen molar-refractivity contribution >= 4 is 5.69 Å². The zero-order chi connectivity index (χ0) is 13.4. The van der Waals surface area contributed by atoms with E-state index in [0.29, 0.717) is 0 Å². The molecular formula is C11H12F4N2O. The van der Waals surface area contributed by atoms with E-state index in [0.717, 1.165) is 0 Å². The number of aliphatic hydroxyl groups excluding tert-OH is 1. The van der Waals surface area contributed by atoms with E-state index in [9.17, 15) is 22.7 Å². The second-order valence-corrected chi connectivity index (χ2v) is 4.45. The predicted octanol–water partition coefficient (Wildman–Crippen LogP) is 1.85. The van der Waals surface area contributed by atoms with Crippen LogP contribution in [0, 0.1) is 29.4 Å². The molecule has 0 amide bonds. The number of hydrogen-bond donors (Lipinski definition) is 1. The van der Waals surface area contributed by atoms with Crippen molar-refractivity contribution in [2.75, 3.05) is 18.0 Å². The SMILES string of the molecule is CC1CN(c2c(F)c(F)nc(F)c2F)CCC1O. The van der Waals surface area contributed by atoms with Gasteiger partial charge in [-0.3, -0.25) is 0 Å². The standard InChI is InChI=1S/C11H12F4N2O/c1-5-4-17(3-2-6(5)18)9-7(12)10(14)16-11(15)8(9)13/h5-6,18H,2-4H2,1H3. The molecule has 1 saturated heterocycles. The first-order chi connectivity index (χ1) is 8.41. The van der Waals surface area contributed by atoms with E-state index in [4.69, 9.17) is 0 Å². The van der Waals surface area contributed by atoms with Gasteiger partial charge in [-0.2, -0.15) is 22.5 Å². The Morgan fingerprint density at radius 1 is 1.17 bits per heavy atom. The number of aromatic nitrogens is 1. The lowest BCUT2D eigenvalue weighted by Crippen LogP contribution is -2.43. The first-order valence-corrected chi connectivity index (χ1v) is 5.54. The zero-order valence-electron chi connectivity index (χ0n) is 9.63. The third kappa shape index (κ3) is 2.14. The highest BCUT2D eigenvalue weighted by atomic mass is 19.2. The Morgan fingerprint density at radius 3 is 2.22 bits per heavy atom. The number of rotatable bonds is 1. The summed E-state index contributed by atoms with van der Waals surface area (Å²) in [7, 11) is 0. The van der Waals surface area contributed by atoms with Gasteiger partial charge in [-0.05, 0) is 12.3 Å². The Balaban J connectivity index is 2.39. The van der Waals surface area contributed by atoms with Gasteiger partial charge in [0.1, 0.15) is 5.69 Å². The Hall–Kier alpha value is -1.37. The van der Waals surface area contributed by atoms with Crippen molar-refractivity contribution in [3.8, 4) is 0 Å². The molecule has 1 aromatic heterocycles. The number of aliphatic hydroxyl groups is 1. The van der Waals surface area contributed by atoms with Crippen molar-refractivity contribution in [1.29, 1.82) is 0 Å². The van der Waals surface area contributed by atoms with Crippen LogP contribution in [0.3, 0.4) is 0 Å². The number of nitrogens with zero attached hydrogens (tertiary/aromatic N) is 2. The van der Waals surface area contributed by atoms with Crippen molar-refractivity contribution in [2.45, 2.75) is 19.4 Å². The molecule has 0 spiro atoms. The highest BCUT2D eigenvalue weighted by Gasteiger charge is 2.31. The Kier molecular flexibility index (Phi) is 3.43. The molecule has 1 aromatic rings. The average Bonchev–Trinajstić information content (AvgIpc) is 2.31. The van der Waals surface area contributed by atoms with Crippen molar-refractivity contribution < 1.29 is 22.7 Å². The monoisotopic (exact) mass is 264 g/mol. The highest BCUT2D eigenvalue weighted by molar-refractivity contribution is 5.49. The van der Waals surface area contributed by atoms with Gasteiger partial charge in [0.05, 0.1) is 6.10 Å². The fraction of sp³-hybridized carbons (Fsp3) is 0.545. The van der Waals surface area contributed by atoms with Crippen LogP contribution in [0.5, 0.6) is 0 Å². The molecule has 0 bridgehead atoms. The summed E-state index contributed by atoms with van der Waals surface area (Å²) < 4.78 is 53.0. The smallest absolute Gasteiger partial charge is 0.253 e. The summed E-state index contributed by atoms with van der Waals surface area (Å²) in [6.45, 7) is 1.95. The molecule has 1 aliphatic heterocycles. The first-order valence-electron chi connectivity index (χ1n) is 5.54. The fourth-order valence-electron chi connectivity index (χ4n) is 2.09. The molecule has 2 atom stereocenters. The summed E-state index contributed by atoms with van der Waals surface area (Å²) in [5.74, 6) is -6.57. The molecule has 1 N–H and O–H groups in total. The summed E-state index contributed by atoms with van der Waals surface area (Å²) in [6.07, 6.45) is -0.296. The summed E-state index contributed by atoms with van der Waals surface area (Å²) in [4.78, 5) is 3.69. The average molecular weight is 264 g/mol. The summed E-state index contributed by atoms with van der Waals surface area (Å²) in [6, 6.07) is 0. The Morgan fingerprint density at radius 2 is 1.72 bits per heavy atom. The van der Waals surface area contributed by atoms with Crippen molar-refractivity contribution in [1.82, 2.24) is 4.98 Å². The van der Waals surface area contributed by atoms with Crippen LogP contribution < -0.4 is 4.90 Å². The van der Waals surface area contributed by atoms with Crippen LogP contribution in [0.4, 0.5) is 23.2 Å². The molecule has 1 aliphatic rings. The van der Waals surface area contributed by atoms with E-state index in [1.807, 2.05) is 0 Å². The van der Waals surface area contributed by atoms with Gasteiger partial charge in [0.15, 0.2) is 0 Å². The molecule has 2 rings (SSSR count). The van der Waals surface area contributed by atoms with Gasteiger partial charge >= 0.3 is 0 Å². The third-order valence-electron chi connectivity index (χ3n) is 3.15. The van der Waals surface area contributed by atoms with Crippen LogP contribution in [-0.2, 0) is 0 Å². The number of pyridine rings is 1. The van der Waals surface area contributed by atoms with Crippen molar-refractivity contribution in [3.05, 3.63) is 23.5 Å². The molecule has 0 saturated carbocycles. The molecule has 3 nitrogen and oxygen atoms in total. The minimum Gasteiger partial charge on any atom is -0.393 e. The normalized spacial score (nSPS) is 24.4. The molecule has 18 heavy (non-hydrogen) atoms. The molecule has 7 heteroatoms. The lowest BCUT2D eigenvalue weighted by Gasteiger charge is -2.36. The second-order valence-electron chi connectivity index (χ2n) is 4.45. The Bertz CT molecular complexity index is 443. The maximum Gasteiger partial charge on any atom is 0.253 e. The van der Waals surface area contributed by atoms with Gasteiger partial charge in [0, 0.05) is 13.1 Å². The van der Waals surface area contributed by atoms with Crippen molar-refractivity contribution in [3.63, 3.8) is 0 Å². The van der Waals surface area contributed by atoms with E-state index in [-0.39, 0.29) is 25.4 Å². The molecule has 0 aliphatic carbocycles. The van der Waals surface area contributed by atoms with E-state index < -0.39 is 35.3 Å². The molecule has 2 unspecified atom stereocenters. The van der Waals surface area contributed by atoms with Crippen LogP contribution in [0.1, 0.15) is 13.3 Å². The second kappa shape index (κ2) is 4.72. The van der Waals surface area contributed by atoms with Crippen molar-refractivity contribution in [2.24, 2.45) is 5.92 Å². The molecule has 2 heterocycles. The summed E-state index contributed by atoms with van der Waals surface area (Å²) in [5, 5.41) is 9.52. The lowest BCUT2D eigenvalue weighted by molar-refractivity contribution is 0.0965. The quantitative estimate of drug-likeness (QED) is 0.621. The van der Waals surface area contributed by atoms with Crippen LogP contribution in [-0.4, -0.2) is 29.3 Å². The maximum atomic E-state index is 13.5. The van der Waals surface area contributed by atoms with Crippen LogP contribution >= 0.6 is 0 Å². The molecule has 100 valence electrons. The van der Waals surface area contributed by atoms with Crippen LogP contribution in [0.15, 0.2) is 0 Å². The first kappa shape index (κ1) is 13.1. The Labute approximate surface area is 101 Å². The number of halogens is 4. The van der Waals surface area contributed by atoms with Crippen LogP contribution in [0.2, 0.25) is 0 Å². The number of piperidine rings is 1. The predicted molar refractivity (Wildman–Crippen MR) is 56.1 cm³/mol. The van der Waals surface area contributed by atoms with E-state index in [1.54, 1.807) is 6.92 Å². The van der Waals surface area contributed by atoms with Gasteiger partial charge in [-0.15, -0.1) is 0 Å². The van der Waals surface area contributed by atoms with Gasteiger partial charge in [-0.25, -0.2) is 0 Å². The largest absolute Gasteiger partial charge is 0.393 e. The van der Waals surface area contributed by atoms with Gasteiger partial charge in [0.2, 0.25) is 11.6 Å². The van der Waals surface area contributed by atoms with E-state index in [2.05, 4.69) is 4.98 Å². The van der Waals surface area contributed by atoms with Gasteiger partial charge in [-0.1, -0.05) is 6.92 Å². The zero-order valence-corrected chi connectivity index (χ0v) is 9.63. The third-order valence-corrected chi connectivity index (χ3v) is 3.15. The lowest BCUT2D eigenvalue weighted by atomic mass is 9.96. The van der Waals surface area contributed by atoms with E-state index in [1.165, 1.54) is 4.90 Å². The number of anilines is 1. The summed E-state index contributed by atoms with van der Waals surface area (Å²) >= 11 is 0. The maximum absolute atomic E-state index is 13.5. The highest BCUT2D eigenvalue weighted by Crippen LogP contribution is 2.30. The molecule has 0 radical (unpaired) electrons. The fourth-order valence-corrected chi connectivity index (χ4v) is 2.09.